The van der Waals surface area contributed by atoms with Gasteiger partial charge in [-0.05, 0) is 23.5 Å². The van der Waals surface area contributed by atoms with Crippen LogP contribution >= 0.6 is 11.3 Å². The van der Waals surface area contributed by atoms with Crippen molar-refractivity contribution in [3.8, 4) is 10.6 Å². The minimum atomic E-state index is 0.815. The molecule has 4 nitrogen and oxygen atoms in total. The summed E-state index contributed by atoms with van der Waals surface area (Å²) in [6, 6.07) is 6.02. The van der Waals surface area contributed by atoms with Gasteiger partial charge < -0.3 is 4.42 Å². The number of furan rings is 1. The Morgan fingerprint density at radius 3 is 3.26 bits per heavy atom. The van der Waals surface area contributed by atoms with Crippen molar-refractivity contribution in [2.45, 2.75) is 6.54 Å². The summed E-state index contributed by atoms with van der Waals surface area (Å²) in [5.41, 5.74) is 4.39. The molecule has 5 heteroatoms. The van der Waals surface area contributed by atoms with Gasteiger partial charge in [0.25, 0.3) is 15.4 Å². The van der Waals surface area contributed by atoms with E-state index in [1.807, 2.05) is 24.5 Å². The summed E-state index contributed by atoms with van der Waals surface area (Å²) in [4.78, 5) is 9.63. The Labute approximate surface area is 112 Å². The maximum Gasteiger partial charge on any atom is 0.275 e. The standard InChI is InChI=1S/C14H8N3OS/c1-2-8-10(16-4-1)7-17-12-9-6-15-5-3-11(9)18-14(12)19-13(8)17/h1-6H,7H2/q+1. The molecule has 90 valence electrons. The monoisotopic (exact) mass is 266 g/mol. The predicted octanol–water partition coefficient (Wildman–Crippen LogP) is 2.75. The van der Waals surface area contributed by atoms with E-state index >= 15 is 0 Å². The molecule has 0 aliphatic carbocycles. The van der Waals surface area contributed by atoms with Gasteiger partial charge in [0, 0.05) is 24.7 Å². The third-order valence-electron chi connectivity index (χ3n) is 3.57. The number of fused-ring (bicyclic) bond motifs is 7. The summed E-state index contributed by atoms with van der Waals surface area (Å²) < 4.78 is 8.18. The first-order valence-electron chi connectivity index (χ1n) is 6.05. The third-order valence-corrected chi connectivity index (χ3v) is 4.66. The Morgan fingerprint density at radius 2 is 2.26 bits per heavy atom. The van der Waals surface area contributed by atoms with Gasteiger partial charge in [-0.2, -0.15) is 4.57 Å². The van der Waals surface area contributed by atoms with Crippen molar-refractivity contribution in [2.24, 2.45) is 0 Å². The molecule has 1 aliphatic rings. The van der Waals surface area contributed by atoms with Crippen LogP contribution in [0, 0.1) is 0 Å². The van der Waals surface area contributed by atoms with Crippen molar-refractivity contribution in [3.63, 3.8) is 0 Å². The van der Waals surface area contributed by atoms with Crippen LogP contribution in [-0.2, 0) is 6.54 Å². The Morgan fingerprint density at radius 1 is 1.26 bits per heavy atom. The second-order valence-corrected chi connectivity index (χ2v) is 5.56. The first kappa shape index (κ1) is 9.63. The Balaban J connectivity index is 1.94. The summed E-state index contributed by atoms with van der Waals surface area (Å²) in [6.45, 7) is 0.815. The number of hydrogen-bond acceptors (Lipinski definition) is 4. The molecule has 0 atom stereocenters. The van der Waals surface area contributed by atoms with Gasteiger partial charge in [0.2, 0.25) is 0 Å². The fraction of sp³-hybridized carbons (Fsp3) is 0.0714. The number of aromatic nitrogens is 3. The molecule has 0 unspecified atom stereocenters. The van der Waals surface area contributed by atoms with Crippen molar-refractivity contribution in [1.82, 2.24) is 9.97 Å². The zero-order valence-electron chi connectivity index (χ0n) is 9.83. The van der Waals surface area contributed by atoms with Crippen LogP contribution < -0.4 is 4.57 Å². The second-order valence-electron chi connectivity index (χ2n) is 4.60. The predicted molar refractivity (Wildman–Crippen MR) is 71.9 cm³/mol. The lowest BCUT2D eigenvalue weighted by Crippen LogP contribution is -2.30. The smallest absolute Gasteiger partial charge is 0.275 e. The summed E-state index contributed by atoms with van der Waals surface area (Å²) in [6.07, 6.45) is 5.48. The summed E-state index contributed by atoms with van der Waals surface area (Å²) in [5.74, 6) is 0. The van der Waals surface area contributed by atoms with Crippen molar-refractivity contribution in [1.29, 1.82) is 0 Å². The third kappa shape index (κ3) is 1.11. The van der Waals surface area contributed by atoms with E-state index in [1.54, 1.807) is 17.5 Å². The fourth-order valence-corrected chi connectivity index (χ4v) is 3.92. The van der Waals surface area contributed by atoms with Gasteiger partial charge in [-0.3, -0.25) is 9.97 Å². The highest BCUT2D eigenvalue weighted by Crippen LogP contribution is 2.38. The molecular weight excluding hydrogens is 258 g/mol. The van der Waals surface area contributed by atoms with Gasteiger partial charge in [-0.1, -0.05) is 0 Å². The van der Waals surface area contributed by atoms with Gasteiger partial charge in [-0.15, -0.1) is 0 Å². The van der Waals surface area contributed by atoms with Crippen molar-refractivity contribution in [3.05, 3.63) is 42.5 Å². The van der Waals surface area contributed by atoms with E-state index in [4.69, 9.17) is 4.42 Å². The van der Waals surface area contributed by atoms with Crippen LogP contribution in [-0.4, -0.2) is 9.97 Å². The minimum absolute atomic E-state index is 0.815. The highest BCUT2D eigenvalue weighted by atomic mass is 32.1. The van der Waals surface area contributed by atoms with Crippen molar-refractivity contribution >= 4 is 32.7 Å². The van der Waals surface area contributed by atoms with E-state index in [0.717, 1.165) is 33.6 Å². The quantitative estimate of drug-likeness (QED) is 0.405. The van der Waals surface area contributed by atoms with E-state index in [1.165, 1.54) is 10.6 Å². The van der Waals surface area contributed by atoms with Crippen molar-refractivity contribution in [2.75, 3.05) is 0 Å². The van der Waals surface area contributed by atoms with E-state index in [2.05, 4.69) is 20.6 Å². The lowest BCUT2D eigenvalue weighted by molar-refractivity contribution is -0.641. The van der Waals surface area contributed by atoms with Crippen LogP contribution in [0.25, 0.3) is 32.0 Å². The van der Waals surface area contributed by atoms with Crippen molar-refractivity contribution < 1.29 is 8.98 Å². The maximum atomic E-state index is 5.90. The number of rotatable bonds is 0. The normalized spacial score (nSPS) is 13.1. The zero-order valence-corrected chi connectivity index (χ0v) is 10.6. The summed E-state index contributed by atoms with van der Waals surface area (Å²) >= 11 is 1.68. The van der Waals surface area contributed by atoms with Crippen LogP contribution in [0.2, 0.25) is 0 Å². The molecule has 0 saturated carbocycles. The van der Waals surface area contributed by atoms with Gasteiger partial charge >= 0.3 is 0 Å². The second kappa shape index (κ2) is 3.19. The van der Waals surface area contributed by atoms with E-state index in [9.17, 15) is 0 Å². The average Bonchev–Trinajstić information content (AvgIpc) is 3.05. The molecule has 0 aromatic carbocycles. The lowest BCUT2D eigenvalue weighted by Gasteiger charge is -1.88. The van der Waals surface area contributed by atoms with Crippen LogP contribution in [0.3, 0.4) is 0 Å². The van der Waals surface area contributed by atoms with Crippen LogP contribution in [0.4, 0.5) is 0 Å². The van der Waals surface area contributed by atoms with E-state index in [0.29, 0.717) is 0 Å². The molecule has 0 saturated heterocycles. The lowest BCUT2D eigenvalue weighted by atomic mass is 10.2. The molecule has 4 aromatic heterocycles. The molecule has 5 heterocycles. The van der Waals surface area contributed by atoms with Crippen LogP contribution in [0.1, 0.15) is 5.69 Å². The zero-order chi connectivity index (χ0) is 12.4. The number of nitrogens with zero attached hydrogens (tertiary/aromatic N) is 3. The van der Waals surface area contributed by atoms with E-state index in [-0.39, 0.29) is 0 Å². The molecule has 0 amide bonds. The largest absolute Gasteiger partial charge is 0.439 e. The maximum absolute atomic E-state index is 5.90. The fourth-order valence-electron chi connectivity index (χ4n) is 2.74. The molecule has 19 heavy (non-hydrogen) atoms. The Hall–Kier alpha value is -2.27. The van der Waals surface area contributed by atoms with Crippen LogP contribution in [0.5, 0.6) is 0 Å². The molecule has 0 fully saturated rings. The molecule has 0 radical (unpaired) electrons. The van der Waals surface area contributed by atoms with Crippen LogP contribution in [0.15, 0.2) is 41.2 Å². The SMILES string of the molecule is c1cnc2c(c1)-c1sc3oc4ccncc4c3[n+]1C2. The number of hydrogen-bond donors (Lipinski definition) is 0. The molecule has 0 N–H and O–H groups in total. The Kier molecular flexibility index (Phi) is 1.62. The molecule has 0 spiro atoms. The number of thiazole rings is 1. The Bertz CT molecular complexity index is 954. The van der Waals surface area contributed by atoms with Gasteiger partial charge in [-0.25, -0.2) is 0 Å². The highest BCUT2D eigenvalue weighted by Gasteiger charge is 2.35. The molecule has 0 bridgehead atoms. The molecular formula is C14H8N3OS+. The minimum Gasteiger partial charge on any atom is -0.439 e. The first-order valence-corrected chi connectivity index (χ1v) is 6.86. The van der Waals surface area contributed by atoms with Gasteiger partial charge in [0.05, 0.1) is 5.56 Å². The molecule has 4 aromatic rings. The molecule has 5 rings (SSSR count). The van der Waals surface area contributed by atoms with Gasteiger partial charge in [0.15, 0.2) is 6.54 Å². The topological polar surface area (TPSA) is 42.8 Å². The average molecular weight is 266 g/mol. The summed E-state index contributed by atoms with van der Waals surface area (Å²) in [5, 5.41) is 2.30. The number of pyridine rings is 2. The first-order chi connectivity index (χ1) is 9.42. The van der Waals surface area contributed by atoms with Gasteiger partial charge in [0.1, 0.15) is 16.7 Å². The van der Waals surface area contributed by atoms with E-state index < -0.39 is 0 Å². The molecule has 1 aliphatic heterocycles. The highest BCUT2D eigenvalue weighted by molar-refractivity contribution is 7.20. The summed E-state index contributed by atoms with van der Waals surface area (Å²) in [7, 11) is 0.